The van der Waals surface area contributed by atoms with Gasteiger partial charge in [0.1, 0.15) is 0 Å². The number of hydrogen-bond donors (Lipinski definition) is 3. The number of guanidine groups is 1. The van der Waals surface area contributed by atoms with Crippen molar-refractivity contribution in [3.8, 4) is 0 Å². The molecule has 0 radical (unpaired) electrons. The molecule has 18 heavy (non-hydrogen) atoms. The van der Waals surface area contributed by atoms with E-state index in [1.807, 2.05) is 48.5 Å². The summed E-state index contributed by atoms with van der Waals surface area (Å²) in [6.07, 6.45) is 0. The normalized spacial score (nSPS) is 11.3. The summed E-state index contributed by atoms with van der Waals surface area (Å²) in [5.74, 6) is 0.516. The molecule has 3 nitrogen and oxygen atoms in total. The number of aryl methyl sites for hydroxylation is 2. The molecule has 0 aliphatic rings. The molecule has 0 saturated heterocycles. The Balaban J connectivity index is 2.09. The van der Waals surface area contributed by atoms with Crippen LogP contribution in [0.15, 0.2) is 48.5 Å². The highest BCUT2D eigenvalue weighted by Crippen LogP contribution is 2.07. The van der Waals surface area contributed by atoms with Crippen LogP contribution in [0, 0.1) is 13.8 Å². The Morgan fingerprint density at radius 1 is 0.889 bits per heavy atom. The van der Waals surface area contributed by atoms with Crippen molar-refractivity contribution < 1.29 is 4.99 Å². The number of hydrogen-bond acceptors (Lipinski definition) is 0. The van der Waals surface area contributed by atoms with E-state index in [9.17, 15) is 0 Å². The molecule has 2 rings (SSSR count). The fourth-order valence-corrected chi connectivity index (χ4v) is 1.62. The average molecular weight is 240 g/mol. The van der Waals surface area contributed by atoms with Crippen molar-refractivity contribution in [1.82, 2.24) is 0 Å². The number of nitrogens with one attached hydrogen (secondary N) is 2. The number of rotatable bonds is 2. The summed E-state index contributed by atoms with van der Waals surface area (Å²) in [4.78, 5) is 3.12. The highest BCUT2D eigenvalue weighted by Gasteiger charge is 2.01. The van der Waals surface area contributed by atoms with Crippen molar-refractivity contribution in [2.24, 2.45) is 5.73 Å². The van der Waals surface area contributed by atoms with E-state index >= 15 is 0 Å². The van der Waals surface area contributed by atoms with Gasteiger partial charge in [0.15, 0.2) is 0 Å². The maximum absolute atomic E-state index is 5.91. The van der Waals surface area contributed by atoms with Crippen molar-refractivity contribution >= 4 is 17.3 Å². The van der Waals surface area contributed by atoms with Crippen LogP contribution < -0.4 is 16.0 Å². The lowest BCUT2D eigenvalue weighted by atomic mass is 10.2. The van der Waals surface area contributed by atoms with Crippen LogP contribution in [-0.4, -0.2) is 5.96 Å². The van der Waals surface area contributed by atoms with Crippen LogP contribution in [-0.2, 0) is 0 Å². The second-order valence-corrected chi connectivity index (χ2v) is 4.40. The molecule has 0 spiro atoms. The van der Waals surface area contributed by atoms with Crippen molar-refractivity contribution in [3.05, 3.63) is 59.7 Å². The van der Waals surface area contributed by atoms with Crippen molar-refractivity contribution in [1.29, 1.82) is 0 Å². The third kappa shape index (κ3) is 3.35. The highest BCUT2D eigenvalue weighted by molar-refractivity contribution is 5.88. The Hall–Kier alpha value is -2.29. The first-order valence-electron chi connectivity index (χ1n) is 5.93. The SMILES string of the molecule is Cc1ccc(NC(N)=[NH+]c2ccc(C)cc2)cc1. The predicted molar refractivity (Wildman–Crippen MR) is 75.8 cm³/mol. The van der Waals surface area contributed by atoms with Crippen LogP contribution in [0.4, 0.5) is 11.4 Å². The van der Waals surface area contributed by atoms with Gasteiger partial charge in [-0.3, -0.25) is 5.73 Å². The second kappa shape index (κ2) is 5.36. The third-order valence-electron chi connectivity index (χ3n) is 2.66. The van der Waals surface area contributed by atoms with Gasteiger partial charge in [0.25, 0.3) is 0 Å². The van der Waals surface area contributed by atoms with Crippen LogP contribution in [0.25, 0.3) is 0 Å². The molecule has 0 unspecified atom stereocenters. The van der Waals surface area contributed by atoms with Crippen LogP contribution in [0.5, 0.6) is 0 Å². The summed E-state index contributed by atoms with van der Waals surface area (Å²) in [7, 11) is 0. The van der Waals surface area contributed by atoms with Crippen molar-refractivity contribution in [2.45, 2.75) is 13.8 Å². The van der Waals surface area contributed by atoms with Gasteiger partial charge in [-0.25, -0.2) is 10.3 Å². The standard InChI is InChI=1S/C15H17N3/c1-11-3-7-13(8-4-11)17-15(16)18-14-9-5-12(2)6-10-14/h3-10H,1-2H3,(H3,16,17,18)/p+1. The minimum atomic E-state index is 0.516. The van der Waals surface area contributed by atoms with Gasteiger partial charge in [-0.1, -0.05) is 35.4 Å². The fourth-order valence-electron chi connectivity index (χ4n) is 1.62. The summed E-state index contributed by atoms with van der Waals surface area (Å²) < 4.78 is 0. The number of anilines is 1. The van der Waals surface area contributed by atoms with E-state index in [-0.39, 0.29) is 0 Å². The minimum Gasteiger partial charge on any atom is -0.290 e. The van der Waals surface area contributed by atoms with Gasteiger partial charge in [0.2, 0.25) is 0 Å². The lowest BCUT2D eigenvalue weighted by Crippen LogP contribution is -2.71. The molecule has 0 aliphatic heterocycles. The van der Waals surface area contributed by atoms with Crippen LogP contribution in [0.3, 0.4) is 0 Å². The molecule has 0 heterocycles. The summed E-state index contributed by atoms with van der Waals surface area (Å²) in [5.41, 5.74) is 10.3. The summed E-state index contributed by atoms with van der Waals surface area (Å²) in [6.45, 7) is 4.11. The molecule has 0 aromatic heterocycles. The minimum absolute atomic E-state index is 0.516. The van der Waals surface area contributed by atoms with Gasteiger partial charge >= 0.3 is 5.96 Å². The van der Waals surface area contributed by atoms with E-state index < -0.39 is 0 Å². The van der Waals surface area contributed by atoms with Gasteiger partial charge in [-0.2, -0.15) is 0 Å². The van der Waals surface area contributed by atoms with Crippen molar-refractivity contribution in [3.63, 3.8) is 0 Å². The van der Waals surface area contributed by atoms with Gasteiger partial charge in [0.05, 0.1) is 11.4 Å². The van der Waals surface area contributed by atoms with Crippen LogP contribution >= 0.6 is 0 Å². The molecule has 0 aliphatic carbocycles. The Morgan fingerprint density at radius 3 is 1.94 bits per heavy atom. The number of benzene rings is 2. The smallest absolute Gasteiger partial charge is 0.290 e. The van der Waals surface area contributed by atoms with Crippen molar-refractivity contribution in [2.75, 3.05) is 5.32 Å². The molecule has 3 heteroatoms. The van der Waals surface area contributed by atoms with E-state index in [0.29, 0.717) is 5.96 Å². The highest BCUT2D eigenvalue weighted by atomic mass is 15.1. The van der Waals surface area contributed by atoms with E-state index in [1.54, 1.807) is 0 Å². The largest absolute Gasteiger partial charge is 0.350 e. The Labute approximate surface area is 107 Å². The Morgan fingerprint density at radius 2 is 1.39 bits per heavy atom. The van der Waals surface area contributed by atoms with Gasteiger partial charge in [0, 0.05) is 0 Å². The monoisotopic (exact) mass is 240 g/mol. The van der Waals surface area contributed by atoms with Gasteiger partial charge in [-0.05, 0) is 38.1 Å². The molecule has 0 amide bonds. The first-order chi connectivity index (χ1) is 8.63. The Kier molecular flexibility index (Phi) is 3.63. The lowest BCUT2D eigenvalue weighted by Gasteiger charge is -2.00. The molecule has 0 atom stereocenters. The quantitative estimate of drug-likeness (QED) is 0.549. The van der Waals surface area contributed by atoms with E-state index in [1.165, 1.54) is 11.1 Å². The van der Waals surface area contributed by atoms with Gasteiger partial charge < -0.3 is 0 Å². The molecular weight excluding hydrogens is 222 g/mol. The lowest BCUT2D eigenvalue weighted by molar-refractivity contribution is -0.354. The summed E-state index contributed by atoms with van der Waals surface area (Å²) in [5, 5.41) is 3.12. The second-order valence-electron chi connectivity index (χ2n) is 4.40. The zero-order valence-electron chi connectivity index (χ0n) is 10.7. The average Bonchev–Trinajstić information content (AvgIpc) is 2.35. The topological polar surface area (TPSA) is 52.0 Å². The molecule has 2 aromatic carbocycles. The van der Waals surface area contributed by atoms with E-state index in [0.717, 1.165) is 11.4 Å². The molecule has 2 aromatic rings. The summed E-state index contributed by atoms with van der Waals surface area (Å²) in [6, 6.07) is 16.2. The fraction of sp³-hybridized carbons (Fsp3) is 0.133. The zero-order chi connectivity index (χ0) is 13.0. The molecule has 0 bridgehead atoms. The van der Waals surface area contributed by atoms with E-state index in [2.05, 4.69) is 24.2 Å². The first kappa shape index (κ1) is 12.2. The molecule has 92 valence electrons. The third-order valence-corrected chi connectivity index (χ3v) is 2.66. The Bertz CT molecular complexity index is 539. The first-order valence-corrected chi connectivity index (χ1v) is 5.93. The predicted octanol–water partition coefficient (Wildman–Crippen LogP) is 1.44. The maximum Gasteiger partial charge on any atom is 0.350 e. The molecular formula is C15H18N3+. The van der Waals surface area contributed by atoms with Crippen LogP contribution in [0.1, 0.15) is 11.1 Å². The molecule has 4 N–H and O–H groups in total. The molecule has 0 saturated carbocycles. The number of nitrogens with two attached hydrogens (primary N) is 1. The maximum atomic E-state index is 5.91. The summed E-state index contributed by atoms with van der Waals surface area (Å²) >= 11 is 0. The van der Waals surface area contributed by atoms with Gasteiger partial charge in [-0.15, -0.1) is 0 Å². The zero-order valence-corrected chi connectivity index (χ0v) is 10.7. The molecule has 0 fully saturated rings. The van der Waals surface area contributed by atoms with E-state index in [4.69, 9.17) is 5.73 Å². The van der Waals surface area contributed by atoms with Crippen LogP contribution in [0.2, 0.25) is 0 Å².